The largest absolute Gasteiger partial charge is 0.355 e. The van der Waals surface area contributed by atoms with Crippen molar-refractivity contribution < 1.29 is 14.4 Å². The van der Waals surface area contributed by atoms with Gasteiger partial charge in [-0.05, 0) is 12.1 Å². The van der Waals surface area contributed by atoms with Crippen LogP contribution in [0, 0.1) is 5.92 Å². The number of piperazine rings is 1. The lowest BCUT2D eigenvalue weighted by Gasteiger charge is -2.34. The van der Waals surface area contributed by atoms with Crippen LogP contribution < -0.4 is 10.2 Å². The molecule has 2 aliphatic heterocycles. The van der Waals surface area contributed by atoms with E-state index in [1.165, 1.54) is 0 Å². The Balaban J connectivity index is 1.41. The van der Waals surface area contributed by atoms with E-state index in [1.54, 1.807) is 11.8 Å². The van der Waals surface area contributed by atoms with Crippen molar-refractivity contribution in [1.29, 1.82) is 0 Å². The maximum atomic E-state index is 12.4. The third-order valence-electron chi connectivity index (χ3n) is 5.11. The molecule has 0 bridgehead atoms. The van der Waals surface area contributed by atoms with Crippen molar-refractivity contribution in [2.75, 3.05) is 50.7 Å². The van der Waals surface area contributed by atoms with Crippen LogP contribution in [0.3, 0.4) is 0 Å². The lowest BCUT2D eigenvalue weighted by Crippen LogP contribution is -2.50. The van der Waals surface area contributed by atoms with Crippen molar-refractivity contribution in [3.63, 3.8) is 0 Å². The van der Waals surface area contributed by atoms with Crippen LogP contribution in [0.15, 0.2) is 30.3 Å². The summed E-state index contributed by atoms with van der Waals surface area (Å²) in [5, 5.41) is 2.96. The summed E-state index contributed by atoms with van der Waals surface area (Å²) in [6.45, 7) is 6.51. The summed E-state index contributed by atoms with van der Waals surface area (Å²) in [6.07, 6.45) is 0.262. The fraction of sp³-hybridized carbons (Fsp3) is 0.526. The van der Waals surface area contributed by atoms with Gasteiger partial charge in [0.1, 0.15) is 0 Å². The van der Waals surface area contributed by atoms with Crippen LogP contribution in [-0.4, -0.2) is 73.3 Å². The van der Waals surface area contributed by atoms with Gasteiger partial charge in [-0.25, -0.2) is 0 Å². The zero-order valence-corrected chi connectivity index (χ0v) is 15.2. The third-order valence-corrected chi connectivity index (χ3v) is 5.11. The topological polar surface area (TPSA) is 73.0 Å². The average Bonchev–Trinajstić information content (AvgIpc) is 3.04. The van der Waals surface area contributed by atoms with Crippen LogP contribution in [0.2, 0.25) is 0 Å². The van der Waals surface area contributed by atoms with Gasteiger partial charge in [0.2, 0.25) is 17.7 Å². The quantitative estimate of drug-likeness (QED) is 0.823. The molecule has 0 aliphatic carbocycles. The van der Waals surface area contributed by atoms with E-state index in [4.69, 9.17) is 0 Å². The Labute approximate surface area is 153 Å². The Hall–Kier alpha value is -2.41. The second kappa shape index (κ2) is 8.31. The summed E-state index contributed by atoms with van der Waals surface area (Å²) in [7, 11) is 0. The fourth-order valence-electron chi connectivity index (χ4n) is 3.51. The Bertz CT molecular complexity index is 656. The Kier molecular flexibility index (Phi) is 5.88. The highest BCUT2D eigenvalue weighted by molar-refractivity contribution is 6.00. The molecule has 3 rings (SSSR count). The second-order valence-corrected chi connectivity index (χ2v) is 6.88. The zero-order chi connectivity index (χ0) is 18.5. The molecule has 140 valence electrons. The number of nitrogens with one attached hydrogen (secondary N) is 1. The van der Waals surface area contributed by atoms with Crippen LogP contribution >= 0.6 is 0 Å². The maximum absolute atomic E-state index is 12.4. The second-order valence-electron chi connectivity index (χ2n) is 6.88. The summed E-state index contributed by atoms with van der Waals surface area (Å²) in [6, 6.07) is 9.46. The lowest BCUT2D eigenvalue weighted by molar-refractivity contribution is -0.130. The number of rotatable bonds is 5. The number of benzene rings is 1. The molecule has 0 spiro atoms. The molecule has 1 unspecified atom stereocenters. The number of amides is 3. The first kappa shape index (κ1) is 18.4. The van der Waals surface area contributed by atoms with Gasteiger partial charge in [-0.1, -0.05) is 18.2 Å². The molecule has 3 amide bonds. The molecule has 2 aliphatic rings. The summed E-state index contributed by atoms with van der Waals surface area (Å²) in [5.41, 5.74) is 0.844. The van der Waals surface area contributed by atoms with Crippen LogP contribution in [0.25, 0.3) is 0 Å². The smallest absolute Gasteiger partial charge is 0.227 e. The SMILES string of the molecule is CC(=O)N1CCN(CCNC(=O)C2CC(=O)N(c3ccccc3)C2)CC1. The Morgan fingerprint density at radius 2 is 1.81 bits per heavy atom. The van der Waals surface area contributed by atoms with E-state index in [1.807, 2.05) is 35.2 Å². The van der Waals surface area contributed by atoms with Gasteiger partial charge in [0.05, 0.1) is 5.92 Å². The first-order valence-corrected chi connectivity index (χ1v) is 9.15. The van der Waals surface area contributed by atoms with Crippen molar-refractivity contribution in [2.24, 2.45) is 5.92 Å². The molecule has 1 N–H and O–H groups in total. The van der Waals surface area contributed by atoms with Gasteiger partial charge in [0, 0.05) is 64.8 Å². The number of nitrogens with zero attached hydrogens (tertiary/aromatic N) is 3. The van der Waals surface area contributed by atoms with E-state index in [2.05, 4.69) is 10.2 Å². The van der Waals surface area contributed by atoms with Crippen LogP contribution in [0.4, 0.5) is 5.69 Å². The average molecular weight is 358 g/mol. The molecule has 7 nitrogen and oxygen atoms in total. The number of hydrogen-bond donors (Lipinski definition) is 1. The number of anilines is 1. The zero-order valence-electron chi connectivity index (χ0n) is 15.2. The first-order chi connectivity index (χ1) is 12.5. The first-order valence-electron chi connectivity index (χ1n) is 9.15. The van der Waals surface area contributed by atoms with Gasteiger partial charge in [-0.15, -0.1) is 0 Å². The standard InChI is InChI=1S/C19H26N4O3/c1-15(24)22-11-9-21(10-12-22)8-7-20-19(26)16-13-18(25)23(14-16)17-5-3-2-4-6-17/h2-6,16H,7-14H2,1H3,(H,20,26). The minimum atomic E-state index is -0.294. The number of para-hydroxylation sites is 1. The molecule has 2 saturated heterocycles. The van der Waals surface area contributed by atoms with E-state index in [0.717, 1.165) is 38.4 Å². The van der Waals surface area contributed by atoms with Gasteiger partial charge in [-0.3, -0.25) is 19.3 Å². The van der Waals surface area contributed by atoms with Crippen molar-refractivity contribution in [3.05, 3.63) is 30.3 Å². The molecule has 7 heteroatoms. The molecule has 0 aromatic heterocycles. The molecule has 1 aromatic rings. The summed E-state index contributed by atoms with van der Waals surface area (Å²) in [4.78, 5) is 41.7. The summed E-state index contributed by atoms with van der Waals surface area (Å²) >= 11 is 0. The maximum Gasteiger partial charge on any atom is 0.227 e. The molecular weight excluding hydrogens is 332 g/mol. The Morgan fingerprint density at radius 1 is 1.12 bits per heavy atom. The van der Waals surface area contributed by atoms with E-state index in [0.29, 0.717) is 13.1 Å². The van der Waals surface area contributed by atoms with Crippen molar-refractivity contribution in [1.82, 2.24) is 15.1 Å². The highest BCUT2D eigenvalue weighted by atomic mass is 16.2. The monoisotopic (exact) mass is 358 g/mol. The molecule has 0 radical (unpaired) electrons. The predicted octanol–water partition coefficient (Wildman–Crippen LogP) is 0.320. The van der Waals surface area contributed by atoms with E-state index < -0.39 is 0 Å². The molecule has 26 heavy (non-hydrogen) atoms. The molecule has 0 saturated carbocycles. The van der Waals surface area contributed by atoms with Crippen LogP contribution in [-0.2, 0) is 14.4 Å². The molecule has 2 fully saturated rings. The summed E-state index contributed by atoms with van der Waals surface area (Å²) in [5.74, 6) is -0.236. The summed E-state index contributed by atoms with van der Waals surface area (Å²) < 4.78 is 0. The minimum absolute atomic E-state index is 0.00305. The third kappa shape index (κ3) is 4.40. The predicted molar refractivity (Wildman–Crippen MR) is 98.6 cm³/mol. The normalized spacial score (nSPS) is 21.1. The van der Waals surface area contributed by atoms with E-state index in [-0.39, 0.29) is 30.1 Å². The number of carbonyl (C=O) groups is 3. The van der Waals surface area contributed by atoms with Gasteiger partial charge in [0.25, 0.3) is 0 Å². The van der Waals surface area contributed by atoms with E-state index >= 15 is 0 Å². The van der Waals surface area contributed by atoms with Gasteiger partial charge < -0.3 is 15.1 Å². The van der Waals surface area contributed by atoms with E-state index in [9.17, 15) is 14.4 Å². The molecule has 1 atom stereocenters. The van der Waals surface area contributed by atoms with Gasteiger partial charge >= 0.3 is 0 Å². The van der Waals surface area contributed by atoms with Crippen molar-refractivity contribution in [2.45, 2.75) is 13.3 Å². The molecule has 2 heterocycles. The van der Waals surface area contributed by atoms with Gasteiger partial charge in [0.15, 0.2) is 0 Å². The number of carbonyl (C=O) groups excluding carboxylic acids is 3. The lowest BCUT2D eigenvalue weighted by atomic mass is 10.1. The fourth-order valence-corrected chi connectivity index (χ4v) is 3.51. The Morgan fingerprint density at radius 3 is 2.46 bits per heavy atom. The molecular formula is C19H26N4O3. The highest BCUT2D eigenvalue weighted by Gasteiger charge is 2.34. The van der Waals surface area contributed by atoms with Crippen molar-refractivity contribution in [3.8, 4) is 0 Å². The van der Waals surface area contributed by atoms with Gasteiger partial charge in [-0.2, -0.15) is 0 Å². The molecule has 1 aromatic carbocycles. The number of hydrogen-bond acceptors (Lipinski definition) is 4. The van der Waals surface area contributed by atoms with Crippen LogP contribution in [0.1, 0.15) is 13.3 Å². The highest BCUT2D eigenvalue weighted by Crippen LogP contribution is 2.24. The van der Waals surface area contributed by atoms with Crippen LogP contribution in [0.5, 0.6) is 0 Å². The van der Waals surface area contributed by atoms with Crippen molar-refractivity contribution >= 4 is 23.4 Å². The minimum Gasteiger partial charge on any atom is -0.355 e.